The lowest BCUT2D eigenvalue weighted by Crippen LogP contribution is -2.60. The van der Waals surface area contributed by atoms with Crippen molar-refractivity contribution in [1.29, 1.82) is 0 Å². The van der Waals surface area contributed by atoms with Crippen molar-refractivity contribution >= 4 is 5.91 Å². The molecule has 522 valence electrons. The second-order valence-electron chi connectivity index (χ2n) is 27.9. The van der Waals surface area contributed by atoms with Crippen molar-refractivity contribution < 1.29 is 39.8 Å². The number of carbonyl (C=O) groups is 1. The molecular weight excluding hydrogens is 1090 g/mol. The summed E-state index contributed by atoms with van der Waals surface area (Å²) in [4.78, 5) is 13.2. The largest absolute Gasteiger partial charge is 0.394 e. The molecule has 0 bridgehead atoms. The van der Waals surface area contributed by atoms with Crippen LogP contribution < -0.4 is 5.32 Å². The fourth-order valence-corrected chi connectivity index (χ4v) is 13.1. The topological polar surface area (TPSA) is 149 Å². The van der Waals surface area contributed by atoms with Gasteiger partial charge in [-0.2, -0.15) is 0 Å². The molecule has 9 heteroatoms. The van der Waals surface area contributed by atoms with Gasteiger partial charge in [0, 0.05) is 6.42 Å². The Hall–Kier alpha value is -1.33. The van der Waals surface area contributed by atoms with Crippen LogP contribution in [0.15, 0.2) is 24.3 Å². The molecule has 0 aromatic heterocycles. The number of aliphatic hydroxyl groups is 5. The standard InChI is InChI=1S/C79H153NO8/c1-3-5-7-9-11-13-15-17-19-21-23-25-27-29-30-31-32-33-34-35-36-37-38-39-40-41-42-43-45-47-49-51-53-55-57-59-61-63-65-67-69-75(83)80-72(71-87-79-78(86)77(85)76(84)74(70-81)88-79)73(82)68-66-64-62-60-58-56-54-52-50-48-46-44-28-26-24-22-20-18-16-14-12-10-8-6-4-2/h58,60,66,68,72-74,76-79,81-82,84-86H,3-57,59,61-65,67,69-71H2,1-2H3,(H,80,83)/b60-58+,68-66+. The van der Waals surface area contributed by atoms with E-state index < -0.39 is 49.5 Å². The second-order valence-corrected chi connectivity index (χ2v) is 27.9. The van der Waals surface area contributed by atoms with Crippen molar-refractivity contribution in [3.63, 3.8) is 0 Å². The van der Waals surface area contributed by atoms with Gasteiger partial charge in [-0.15, -0.1) is 0 Å². The molecule has 1 amide bonds. The van der Waals surface area contributed by atoms with Crippen LogP contribution in [0.3, 0.4) is 0 Å². The molecule has 0 saturated carbocycles. The first-order valence-corrected chi connectivity index (χ1v) is 39.6. The molecule has 1 aliphatic heterocycles. The van der Waals surface area contributed by atoms with Crippen molar-refractivity contribution in [2.75, 3.05) is 13.2 Å². The van der Waals surface area contributed by atoms with Crippen LogP contribution in [0.4, 0.5) is 0 Å². The summed E-state index contributed by atoms with van der Waals surface area (Å²) in [5, 5.41) is 54.8. The lowest BCUT2D eigenvalue weighted by atomic mass is 9.99. The Bertz CT molecular complexity index is 1440. The Labute approximate surface area is 547 Å². The number of ether oxygens (including phenoxy) is 2. The maximum absolute atomic E-state index is 13.2. The molecule has 7 atom stereocenters. The maximum Gasteiger partial charge on any atom is 0.220 e. The van der Waals surface area contributed by atoms with E-state index in [0.717, 1.165) is 38.5 Å². The van der Waals surface area contributed by atoms with E-state index in [0.29, 0.717) is 6.42 Å². The van der Waals surface area contributed by atoms with Crippen LogP contribution in [0, 0.1) is 0 Å². The van der Waals surface area contributed by atoms with E-state index in [1.165, 1.54) is 360 Å². The van der Waals surface area contributed by atoms with E-state index in [2.05, 4.69) is 31.3 Å². The smallest absolute Gasteiger partial charge is 0.220 e. The molecule has 0 aromatic carbocycles. The van der Waals surface area contributed by atoms with Crippen molar-refractivity contribution in [2.24, 2.45) is 0 Å². The zero-order chi connectivity index (χ0) is 63.5. The lowest BCUT2D eigenvalue weighted by molar-refractivity contribution is -0.302. The predicted molar refractivity (Wildman–Crippen MR) is 378 cm³/mol. The number of hydrogen-bond donors (Lipinski definition) is 6. The Morgan fingerprint density at radius 2 is 0.648 bits per heavy atom. The first-order valence-electron chi connectivity index (χ1n) is 39.6. The highest BCUT2D eigenvalue weighted by Crippen LogP contribution is 2.24. The highest BCUT2D eigenvalue weighted by Gasteiger charge is 2.44. The van der Waals surface area contributed by atoms with Gasteiger partial charge in [0.15, 0.2) is 6.29 Å². The van der Waals surface area contributed by atoms with Crippen LogP contribution in [0.2, 0.25) is 0 Å². The molecule has 6 N–H and O–H groups in total. The first kappa shape index (κ1) is 84.7. The highest BCUT2D eigenvalue weighted by molar-refractivity contribution is 5.76. The van der Waals surface area contributed by atoms with E-state index in [4.69, 9.17) is 9.47 Å². The van der Waals surface area contributed by atoms with Gasteiger partial charge in [-0.25, -0.2) is 0 Å². The third-order valence-corrected chi connectivity index (χ3v) is 19.3. The van der Waals surface area contributed by atoms with Gasteiger partial charge < -0.3 is 40.3 Å². The Kier molecular flexibility index (Phi) is 65.9. The number of aliphatic hydroxyl groups excluding tert-OH is 5. The van der Waals surface area contributed by atoms with Gasteiger partial charge in [-0.3, -0.25) is 4.79 Å². The Morgan fingerprint density at radius 1 is 0.375 bits per heavy atom. The summed E-state index contributed by atoms with van der Waals surface area (Å²) < 4.78 is 11.3. The first-order chi connectivity index (χ1) is 43.3. The summed E-state index contributed by atoms with van der Waals surface area (Å²) >= 11 is 0. The fourth-order valence-electron chi connectivity index (χ4n) is 13.1. The van der Waals surface area contributed by atoms with Crippen LogP contribution in [0.5, 0.6) is 0 Å². The second kappa shape index (κ2) is 68.5. The van der Waals surface area contributed by atoms with Crippen LogP contribution >= 0.6 is 0 Å². The van der Waals surface area contributed by atoms with Crippen LogP contribution in [-0.4, -0.2) is 87.5 Å². The lowest BCUT2D eigenvalue weighted by Gasteiger charge is -2.40. The average molecular weight is 1250 g/mol. The van der Waals surface area contributed by atoms with Crippen molar-refractivity contribution in [1.82, 2.24) is 5.32 Å². The van der Waals surface area contributed by atoms with Crippen LogP contribution in [0.1, 0.15) is 418 Å². The third-order valence-electron chi connectivity index (χ3n) is 19.3. The van der Waals surface area contributed by atoms with Crippen LogP contribution in [0.25, 0.3) is 0 Å². The van der Waals surface area contributed by atoms with Crippen molar-refractivity contribution in [3.8, 4) is 0 Å². The molecule has 0 aromatic rings. The maximum atomic E-state index is 13.2. The average Bonchev–Trinajstić information content (AvgIpc) is 3.29. The normalized spacial score (nSPS) is 17.9. The van der Waals surface area contributed by atoms with Gasteiger partial charge in [0.25, 0.3) is 0 Å². The molecule has 7 unspecified atom stereocenters. The Balaban J connectivity index is 2.04. The van der Waals surface area contributed by atoms with E-state index >= 15 is 0 Å². The zero-order valence-electron chi connectivity index (χ0n) is 58.8. The summed E-state index contributed by atoms with van der Waals surface area (Å²) in [6, 6.07) is -0.821. The monoisotopic (exact) mass is 1240 g/mol. The molecule has 9 nitrogen and oxygen atoms in total. The van der Waals surface area contributed by atoms with Gasteiger partial charge in [-0.1, -0.05) is 404 Å². The molecule has 1 rings (SSSR count). The number of nitrogens with one attached hydrogen (secondary N) is 1. The quantitative estimate of drug-likeness (QED) is 0.0261. The highest BCUT2D eigenvalue weighted by atomic mass is 16.7. The molecule has 1 fully saturated rings. The van der Waals surface area contributed by atoms with Crippen molar-refractivity contribution in [2.45, 2.75) is 461 Å². The number of carbonyl (C=O) groups excluding carboxylic acids is 1. The summed E-state index contributed by atoms with van der Waals surface area (Å²) in [6.45, 7) is 3.83. The number of rotatable bonds is 71. The number of unbranched alkanes of at least 4 members (excludes halogenated alkanes) is 59. The number of allylic oxidation sites excluding steroid dienone is 3. The van der Waals surface area contributed by atoms with E-state index in [1.54, 1.807) is 6.08 Å². The number of hydrogen-bond acceptors (Lipinski definition) is 8. The molecule has 0 spiro atoms. The predicted octanol–water partition coefficient (Wildman–Crippen LogP) is 22.4. The molecule has 88 heavy (non-hydrogen) atoms. The third kappa shape index (κ3) is 56.2. The molecule has 1 saturated heterocycles. The zero-order valence-corrected chi connectivity index (χ0v) is 58.8. The van der Waals surface area contributed by atoms with Gasteiger partial charge >= 0.3 is 0 Å². The minimum Gasteiger partial charge on any atom is -0.394 e. The Morgan fingerprint density at radius 3 is 0.955 bits per heavy atom. The summed E-state index contributed by atoms with van der Waals surface area (Å²) in [5.74, 6) is -0.177. The molecule has 1 heterocycles. The van der Waals surface area contributed by atoms with E-state index in [-0.39, 0.29) is 12.5 Å². The molecular formula is C79H153NO8. The summed E-state index contributed by atoms with van der Waals surface area (Å²) in [5.41, 5.74) is 0. The van der Waals surface area contributed by atoms with Crippen molar-refractivity contribution in [3.05, 3.63) is 24.3 Å². The minimum absolute atomic E-state index is 0.177. The molecule has 0 aliphatic carbocycles. The van der Waals surface area contributed by atoms with Gasteiger partial charge in [0.05, 0.1) is 25.4 Å². The fraction of sp³-hybridized carbons (Fsp3) is 0.937. The SMILES string of the molecule is CCCCCCCCCCCCCCCCCCCCC/C=C/CC/C=C/C(O)C(COC1OC(CO)C(O)C(O)C1O)NC(=O)CCCCCCCCCCCCCCCCCCCCCCCCCCCCCCCCCCCCCCCCCC. The number of amides is 1. The van der Waals surface area contributed by atoms with Gasteiger partial charge in [-0.05, 0) is 32.1 Å². The molecule has 1 aliphatic rings. The van der Waals surface area contributed by atoms with Crippen LogP contribution in [-0.2, 0) is 14.3 Å². The summed E-state index contributed by atoms with van der Waals surface area (Å²) in [7, 11) is 0. The minimum atomic E-state index is -1.57. The van der Waals surface area contributed by atoms with Gasteiger partial charge in [0.1, 0.15) is 24.4 Å². The van der Waals surface area contributed by atoms with Gasteiger partial charge in [0.2, 0.25) is 5.91 Å². The summed E-state index contributed by atoms with van der Waals surface area (Å²) in [6.07, 6.45) is 84.9. The molecule has 0 radical (unpaired) electrons. The van der Waals surface area contributed by atoms with E-state index in [9.17, 15) is 30.3 Å². The van der Waals surface area contributed by atoms with E-state index in [1.807, 2.05) is 6.08 Å².